The van der Waals surface area contributed by atoms with Crippen molar-refractivity contribution < 1.29 is 24.4 Å². The number of likely N-dealkylation sites (tertiary alicyclic amines) is 1. The van der Waals surface area contributed by atoms with E-state index < -0.39 is 28.4 Å². The molecule has 0 saturated carbocycles. The molecular weight excluding hydrogens is 486 g/mol. The summed E-state index contributed by atoms with van der Waals surface area (Å²) in [4.78, 5) is 41.2. The highest BCUT2D eigenvalue weighted by molar-refractivity contribution is 6.46. The topological polar surface area (TPSA) is 113 Å². The van der Waals surface area contributed by atoms with Gasteiger partial charge in [-0.2, -0.15) is 0 Å². The standard InChI is InChI=1S/C29H37N3O6/c1-4-6-15-30(16-7-5-2)17-10-18-31-26(21-11-9-14-24(20-21)38-3)25(28(34)29(31)35)27(33)22-12-8-13-23(19-22)32(36)37/h8-9,11-14,19-20,26,33H,4-7,10,15-18H2,1-3H3/b27-25-. The van der Waals surface area contributed by atoms with Gasteiger partial charge in [-0.15, -0.1) is 0 Å². The highest BCUT2D eigenvalue weighted by atomic mass is 16.6. The summed E-state index contributed by atoms with van der Waals surface area (Å²) < 4.78 is 5.36. The molecule has 1 heterocycles. The van der Waals surface area contributed by atoms with Crippen molar-refractivity contribution in [3.8, 4) is 5.75 Å². The molecule has 0 aromatic heterocycles. The number of hydrogen-bond acceptors (Lipinski definition) is 7. The molecular formula is C29H37N3O6. The number of rotatable bonds is 14. The van der Waals surface area contributed by atoms with Gasteiger partial charge in [0.15, 0.2) is 0 Å². The lowest BCUT2D eigenvalue weighted by Gasteiger charge is -2.27. The van der Waals surface area contributed by atoms with Gasteiger partial charge < -0.3 is 19.6 Å². The second-order valence-electron chi connectivity index (χ2n) is 9.48. The first-order valence-corrected chi connectivity index (χ1v) is 13.2. The number of benzene rings is 2. The molecule has 0 radical (unpaired) electrons. The van der Waals surface area contributed by atoms with E-state index in [0.29, 0.717) is 24.3 Å². The maximum absolute atomic E-state index is 13.3. The Labute approximate surface area is 223 Å². The molecule has 2 aromatic carbocycles. The number of carbonyl (C=O) groups excluding carboxylic acids is 2. The zero-order chi connectivity index (χ0) is 27.7. The SMILES string of the molecule is CCCCN(CCCC)CCCN1C(=O)C(=O)/C(=C(\O)c2cccc([N+](=O)[O-])c2)C1c1cccc(OC)c1. The molecule has 38 heavy (non-hydrogen) atoms. The Balaban J connectivity index is 1.98. The van der Waals surface area contributed by atoms with Crippen LogP contribution in [0.1, 0.15) is 63.1 Å². The van der Waals surface area contributed by atoms with Gasteiger partial charge in [-0.1, -0.05) is 51.0 Å². The van der Waals surface area contributed by atoms with Crippen LogP contribution in [0.4, 0.5) is 5.69 Å². The molecule has 2 aromatic rings. The summed E-state index contributed by atoms with van der Waals surface area (Å²) in [5.41, 5.74) is 0.415. The number of methoxy groups -OCH3 is 1. The summed E-state index contributed by atoms with van der Waals surface area (Å²) in [5.74, 6) is -1.39. The van der Waals surface area contributed by atoms with Crippen LogP contribution in [0, 0.1) is 10.1 Å². The van der Waals surface area contributed by atoms with Crippen LogP contribution in [0.5, 0.6) is 5.75 Å². The number of ether oxygens (including phenoxy) is 1. The molecule has 1 N–H and O–H groups in total. The second kappa shape index (κ2) is 13.7. The van der Waals surface area contributed by atoms with Gasteiger partial charge in [-0.25, -0.2) is 0 Å². The van der Waals surface area contributed by atoms with E-state index in [9.17, 15) is 24.8 Å². The van der Waals surface area contributed by atoms with Crippen molar-refractivity contribution in [2.24, 2.45) is 0 Å². The fraction of sp³-hybridized carbons (Fsp3) is 0.448. The predicted octanol–water partition coefficient (Wildman–Crippen LogP) is 5.32. The number of unbranched alkanes of at least 4 members (excludes halogenated alkanes) is 2. The molecule has 1 atom stereocenters. The number of Topliss-reactive ketones (excluding diaryl/α,β-unsaturated/α-hetero) is 1. The van der Waals surface area contributed by atoms with Crippen molar-refractivity contribution in [1.29, 1.82) is 0 Å². The number of amides is 1. The lowest BCUT2D eigenvalue weighted by atomic mass is 9.95. The number of non-ortho nitro benzene ring substituents is 1. The minimum atomic E-state index is -0.843. The Morgan fingerprint density at radius 2 is 1.68 bits per heavy atom. The first kappa shape index (κ1) is 28.8. The molecule has 1 aliphatic rings. The molecule has 1 amide bonds. The van der Waals surface area contributed by atoms with E-state index in [2.05, 4.69) is 18.7 Å². The zero-order valence-electron chi connectivity index (χ0n) is 22.4. The first-order valence-electron chi connectivity index (χ1n) is 13.2. The number of ketones is 1. The normalized spacial score (nSPS) is 16.8. The van der Waals surface area contributed by atoms with E-state index in [1.165, 1.54) is 36.3 Å². The van der Waals surface area contributed by atoms with E-state index in [4.69, 9.17) is 4.74 Å². The lowest BCUT2D eigenvalue weighted by Crippen LogP contribution is -2.34. The summed E-state index contributed by atoms with van der Waals surface area (Å²) in [6, 6.07) is 11.6. The highest BCUT2D eigenvalue weighted by Gasteiger charge is 2.46. The quantitative estimate of drug-likeness (QED) is 0.117. The van der Waals surface area contributed by atoms with Crippen LogP contribution in [0.15, 0.2) is 54.1 Å². The van der Waals surface area contributed by atoms with Crippen LogP contribution in [-0.4, -0.2) is 64.8 Å². The lowest BCUT2D eigenvalue weighted by molar-refractivity contribution is -0.384. The zero-order valence-corrected chi connectivity index (χ0v) is 22.4. The molecule has 0 bridgehead atoms. The van der Waals surface area contributed by atoms with Crippen LogP contribution in [0.3, 0.4) is 0 Å². The molecule has 204 valence electrons. The number of hydrogen-bond donors (Lipinski definition) is 1. The Hall–Kier alpha value is -3.72. The third-order valence-electron chi connectivity index (χ3n) is 6.81. The Kier molecular flexibility index (Phi) is 10.4. The Bertz CT molecular complexity index is 1170. The smallest absolute Gasteiger partial charge is 0.295 e. The second-order valence-corrected chi connectivity index (χ2v) is 9.48. The third-order valence-corrected chi connectivity index (χ3v) is 6.81. The van der Waals surface area contributed by atoms with Crippen molar-refractivity contribution in [2.75, 3.05) is 33.3 Å². The van der Waals surface area contributed by atoms with Crippen LogP contribution in [0.2, 0.25) is 0 Å². The predicted molar refractivity (Wildman–Crippen MR) is 146 cm³/mol. The van der Waals surface area contributed by atoms with Gasteiger partial charge in [-0.05, 0) is 56.6 Å². The summed E-state index contributed by atoms with van der Waals surface area (Å²) >= 11 is 0. The van der Waals surface area contributed by atoms with E-state index in [1.54, 1.807) is 24.3 Å². The number of nitro benzene ring substituents is 1. The summed E-state index contributed by atoms with van der Waals surface area (Å²) in [7, 11) is 1.53. The van der Waals surface area contributed by atoms with E-state index in [-0.39, 0.29) is 16.8 Å². The van der Waals surface area contributed by atoms with Gasteiger partial charge in [0.05, 0.1) is 23.6 Å². The monoisotopic (exact) mass is 523 g/mol. The van der Waals surface area contributed by atoms with E-state index in [0.717, 1.165) is 45.3 Å². The largest absolute Gasteiger partial charge is 0.507 e. The molecule has 1 saturated heterocycles. The Morgan fingerprint density at radius 1 is 1.03 bits per heavy atom. The molecule has 9 nitrogen and oxygen atoms in total. The molecule has 9 heteroatoms. The van der Waals surface area contributed by atoms with Gasteiger partial charge in [0.1, 0.15) is 11.5 Å². The summed E-state index contributed by atoms with van der Waals surface area (Å²) in [6.45, 7) is 7.41. The third kappa shape index (κ3) is 6.77. The molecule has 0 spiro atoms. The van der Waals surface area contributed by atoms with Crippen molar-refractivity contribution in [2.45, 2.75) is 52.0 Å². The van der Waals surface area contributed by atoms with Crippen LogP contribution < -0.4 is 4.74 Å². The maximum atomic E-state index is 13.3. The van der Waals surface area contributed by atoms with E-state index in [1.807, 2.05) is 0 Å². The average Bonchev–Trinajstić information content (AvgIpc) is 3.18. The van der Waals surface area contributed by atoms with Crippen molar-refractivity contribution in [1.82, 2.24) is 9.80 Å². The van der Waals surface area contributed by atoms with Crippen molar-refractivity contribution >= 4 is 23.1 Å². The van der Waals surface area contributed by atoms with Gasteiger partial charge in [0.2, 0.25) is 0 Å². The number of nitrogens with zero attached hydrogens (tertiary/aromatic N) is 3. The number of aliphatic hydroxyl groups excluding tert-OH is 1. The van der Waals surface area contributed by atoms with Gasteiger partial charge >= 0.3 is 0 Å². The number of nitro groups is 1. The van der Waals surface area contributed by atoms with Crippen molar-refractivity contribution in [3.63, 3.8) is 0 Å². The fourth-order valence-electron chi connectivity index (χ4n) is 4.75. The summed E-state index contributed by atoms with van der Waals surface area (Å²) in [6.07, 6.45) is 5.07. The Morgan fingerprint density at radius 3 is 2.32 bits per heavy atom. The summed E-state index contributed by atoms with van der Waals surface area (Å²) in [5, 5.41) is 22.5. The first-order chi connectivity index (χ1) is 18.3. The van der Waals surface area contributed by atoms with Gasteiger partial charge in [0.25, 0.3) is 17.4 Å². The highest BCUT2D eigenvalue weighted by Crippen LogP contribution is 2.40. The van der Waals surface area contributed by atoms with Crippen LogP contribution in [-0.2, 0) is 9.59 Å². The van der Waals surface area contributed by atoms with Crippen LogP contribution >= 0.6 is 0 Å². The van der Waals surface area contributed by atoms with Crippen molar-refractivity contribution in [3.05, 3.63) is 75.3 Å². The van der Waals surface area contributed by atoms with Gasteiger partial charge in [0, 0.05) is 24.2 Å². The molecule has 1 unspecified atom stereocenters. The minimum Gasteiger partial charge on any atom is -0.507 e. The molecule has 0 aliphatic carbocycles. The van der Waals surface area contributed by atoms with Gasteiger partial charge in [-0.3, -0.25) is 19.7 Å². The average molecular weight is 524 g/mol. The minimum absolute atomic E-state index is 0.0856. The fourth-order valence-corrected chi connectivity index (χ4v) is 4.75. The number of carbonyl (C=O) groups is 2. The molecule has 1 aliphatic heterocycles. The molecule has 3 rings (SSSR count). The molecule has 1 fully saturated rings. The maximum Gasteiger partial charge on any atom is 0.295 e. The van der Waals surface area contributed by atoms with Crippen LogP contribution in [0.25, 0.3) is 5.76 Å². The van der Waals surface area contributed by atoms with E-state index >= 15 is 0 Å². The number of aliphatic hydroxyl groups is 1.